The van der Waals surface area contributed by atoms with Crippen molar-refractivity contribution in [3.05, 3.63) is 35.9 Å². The van der Waals surface area contributed by atoms with Crippen molar-refractivity contribution < 1.29 is 44.0 Å². The van der Waals surface area contributed by atoms with Crippen LogP contribution in [0.3, 0.4) is 0 Å². The van der Waals surface area contributed by atoms with Crippen LogP contribution in [0.25, 0.3) is 0 Å². The normalized spacial score (nSPS) is 25.1. The van der Waals surface area contributed by atoms with E-state index in [0.717, 1.165) is 5.56 Å². The van der Waals surface area contributed by atoms with Crippen LogP contribution < -0.4 is 16.4 Å². The van der Waals surface area contributed by atoms with Gasteiger partial charge in [-0.15, -0.1) is 0 Å². The van der Waals surface area contributed by atoms with Crippen molar-refractivity contribution in [2.24, 2.45) is 11.7 Å². The highest BCUT2D eigenvalue weighted by Gasteiger charge is 2.45. The largest absolute Gasteiger partial charge is 0.394 e. The predicted molar refractivity (Wildman–Crippen MR) is 131 cm³/mol. The molecule has 1 aliphatic heterocycles. The number of Topliss-reactive ketones (excluding diaryl/α,β-unsaturated/α-hetero) is 1. The number of aliphatic hydroxyl groups is 3. The first kappa shape index (κ1) is 30.3. The summed E-state index contributed by atoms with van der Waals surface area (Å²) in [5.74, 6) is -2.94. The molecule has 1 heterocycles. The summed E-state index contributed by atoms with van der Waals surface area (Å²) in [6.45, 7) is 1.93. The van der Waals surface area contributed by atoms with Gasteiger partial charge in [0.05, 0.1) is 13.2 Å². The first-order chi connectivity index (χ1) is 17.6. The molecule has 1 aromatic rings. The van der Waals surface area contributed by atoms with Gasteiger partial charge in [-0.05, 0) is 18.4 Å². The summed E-state index contributed by atoms with van der Waals surface area (Å²) in [7, 11) is 0. The van der Waals surface area contributed by atoms with Gasteiger partial charge in [-0.25, -0.2) is 0 Å². The Kier molecular flexibility index (Phi) is 12.1. The average Bonchev–Trinajstić information content (AvgIpc) is 2.85. The number of rotatable bonds is 14. The number of nitrogens with one attached hydrogen (secondary N) is 2. The highest BCUT2D eigenvalue weighted by molar-refractivity contribution is 5.92. The third-order valence-electron chi connectivity index (χ3n) is 6.05. The Bertz CT molecular complexity index is 914. The molecule has 12 heteroatoms. The molecule has 1 fully saturated rings. The van der Waals surface area contributed by atoms with Crippen LogP contribution in [0.15, 0.2) is 30.3 Å². The number of hydrogen-bond acceptors (Lipinski definition) is 9. The molecule has 0 aromatic heterocycles. The van der Waals surface area contributed by atoms with Crippen molar-refractivity contribution in [2.75, 3.05) is 13.2 Å². The van der Waals surface area contributed by atoms with Gasteiger partial charge in [-0.3, -0.25) is 19.2 Å². The summed E-state index contributed by atoms with van der Waals surface area (Å²) >= 11 is 0. The quantitative estimate of drug-likeness (QED) is 0.169. The number of amides is 3. The van der Waals surface area contributed by atoms with Gasteiger partial charge < -0.3 is 41.2 Å². The Labute approximate surface area is 215 Å². The average molecular weight is 524 g/mol. The summed E-state index contributed by atoms with van der Waals surface area (Å²) < 4.78 is 11.2. The maximum Gasteiger partial charge on any atom is 0.221 e. The lowest BCUT2D eigenvalue weighted by Crippen LogP contribution is -2.65. The lowest BCUT2D eigenvalue weighted by Gasteiger charge is -2.42. The maximum absolute atomic E-state index is 13.2. The molecule has 0 bridgehead atoms. The highest BCUT2D eigenvalue weighted by Crippen LogP contribution is 2.23. The van der Waals surface area contributed by atoms with Crippen LogP contribution in [0, 0.1) is 5.92 Å². The second kappa shape index (κ2) is 14.7. The van der Waals surface area contributed by atoms with Crippen LogP contribution in [-0.2, 0) is 35.1 Å². The van der Waals surface area contributed by atoms with Crippen molar-refractivity contribution in [2.45, 2.75) is 76.2 Å². The Morgan fingerprint density at radius 1 is 1.14 bits per heavy atom. The molecule has 206 valence electrons. The molecule has 1 aliphatic rings. The first-order valence-corrected chi connectivity index (χ1v) is 12.2. The molecule has 2 rings (SSSR count). The molecular weight excluding hydrogens is 486 g/mol. The number of aliphatic hydroxyl groups excluding tert-OH is 3. The topological polar surface area (TPSA) is 198 Å². The third-order valence-corrected chi connectivity index (χ3v) is 6.05. The van der Waals surface area contributed by atoms with E-state index < -0.39 is 79.3 Å². The number of carbonyl (C=O) groups excluding carboxylic acids is 4. The van der Waals surface area contributed by atoms with Crippen LogP contribution in [0.2, 0.25) is 0 Å². The minimum atomic E-state index is -1.53. The fourth-order valence-corrected chi connectivity index (χ4v) is 4.07. The van der Waals surface area contributed by atoms with Crippen molar-refractivity contribution in [1.29, 1.82) is 0 Å². The maximum atomic E-state index is 13.2. The van der Waals surface area contributed by atoms with Crippen molar-refractivity contribution in [3.8, 4) is 0 Å². The van der Waals surface area contributed by atoms with Gasteiger partial charge in [0, 0.05) is 25.7 Å². The van der Waals surface area contributed by atoms with Crippen LogP contribution in [0.1, 0.15) is 38.7 Å². The number of hydrogen-bond donors (Lipinski definition) is 6. The van der Waals surface area contributed by atoms with Crippen molar-refractivity contribution in [1.82, 2.24) is 10.6 Å². The summed E-state index contributed by atoms with van der Waals surface area (Å²) in [6, 6.07) is 6.65. The van der Waals surface area contributed by atoms with Crippen LogP contribution in [-0.4, -0.2) is 88.7 Å². The van der Waals surface area contributed by atoms with E-state index >= 15 is 0 Å². The van der Waals surface area contributed by atoms with E-state index in [4.69, 9.17) is 15.2 Å². The molecule has 1 saturated heterocycles. The summed E-state index contributed by atoms with van der Waals surface area (Å²) in [4.78, 5) is 49.3. The highest BCUT2D eigenvalue weighted by atomic mass is 16.7. The van der Waals surface area contributed by atoms with Gasteiger partial charge in [0.2, 0.25) is 17.7 Å². The predicted octanol–water partition coefficient (Wildman–Crippen LogP) is -1.46. The van der Waals surface area contributed by atoms with Gasteiger partial charge in [0.15, 0.2) is 12.1 Å². The molecule has 37 heavy (non-hydrogen) atoms. The number of nitrogens with two attached hydrogens (primary N) is 1. The fourth-order valence-electron chi connectivity index (χ4n) is 4.07. The molecule has 12 nitrogen and oxygen atoms in total. The number of ketones is 1. The Balaban J connectivity index is 2.18. The van der Waals surface area contributed by atoms with E-state index in [2.05, 4.69) is 10.6 Å². The van der Waals surface area contributed by atoms with Gasteiger partial charge in [-0.2, -0.15) is 0 Å². The van der Waals surface area contributed by atoms with E-state index in [-0.39, 0.29) is 19.3 Å². The van der Waals surface area contributed by atoms with Gasteiger partial charge in [0.25, 0.3) is 0 Å². The lowest BCUT2D eigenvalue weighted by atomic mass is 9.91. The minimum Gasteiger partial charge on any atom is -0.394 e. The number of primary amides is 1. The standard InChI is InChI=1S/C25H37N3O9/c1-3-7-20(32)28-17(18(31)11-16(24(26)35)10-15-8-5-4-6-9-15)13-36-25-21(27-14(2)30)23(34)22(33)19(12-29)37-25/h4-6,8-9,16-17,19,21-23,25,29,33-34H,3,7,10-13H2,1-2H3,(H2,26,35)(H,27,30)(H,28,32)/t16-,17+,19?,21?,22+,23-,25-/m1/s1. The van der Waals surface area contributed by atoms with Gasteiger partial charge in [-0.1, -0.05) is 37.3 Å². The molecule has 2 unspecified atom stereocenters. The van der Waals surface area contributed by atoms with Crippen molar-refractivity contribution in [3.63, 3.8) is 0 Å². The molecule has 0 aliphatic carbocycles. The number of benzene rings is 1. The first-order valence-electron chi connectivity index (χ1n) is 12.2. The smallest absolute Gasteiger partial charge is 0.221 e. The zero-order chi connectivity index (χ0) is 27.5. The minimum absolute atomic E-state index is 0.152. The van der Waals surface area contributed by atoms with Crippen molar-refractivity contribution >= 4 is 23.5 Å². The van der Waals surface area contributed by atoms with Crippen LogP contribution in [0.4, 0.5) is 0 Å². The third kappa shape index (κ3) is 9.17. The van der Waals surface area contributed by atoms with Crippen LogP contribution in [0.5, 0.6) is 0 Å². The monoisotopic (exact) mass is 523 g/mol. The van der Waals surface area contributed by atoms with E-state index in [1.54, 1.807) is 19.1 Å². The number of carbonyl (C=O) groups is 4. The summed E-state index contributed by atoms with van der Waals surface area (Å²) in [5.41, 5.74) is 6.37. The molecule has 7 N–H and O–H groups in total. The molecule has 3 amide bonds. The Hall–Kier alpha value is -2.90. The SMILES string of the molecule is CCCC(=O)N[C@@H](CO[C@@H]1OC(CO)[C@H](O)[C@H](O)C1NC(C)=O)C(=O)C[C@@H](Cc1ccccc1)C(N)=O. The zero-order valence-electron chi connectivity index (χ0n) is 21.0. The Morgan fingerprint density at radius 2 is 1.81 bits per heavy atom. The van der Waals surface area contributed by atoms with E-state index in [0.29, 0.717) is 6.42 Å². The molecule has 0 saturated carbocycles. The second-order valence-electron chi connectivity index (χ2n) is 9.10. The molecule has 1 aromatic carbocycles. The summed E-state index contributed by atoms with van der Waals surface area (Å²) in [5, 5.41) is 35.1. The summed E-state index contributed by atoms with van der Waals surface area (Å²) in [6.07, 6.45) is -4.94. The Morgan fingerprint density at radius 3 is 2.38 bits per heavy atom. The van der Waals surface area contributed by atoms with E-state index in [1.165, 1.54) is 6.92 Å². The molecular formula is C25H37N3O9. The zero-order valence-corrected chi connectivity index (χ0v) is 21.0. The van der Waals surface area contributed by atoms with Crippen LogP contribution >= 0.6 is 0 Å². The molecule has 7 atom stereocenters. The lowest BCUT2D eigenvalue weighted by molar-refractivity contribution is -0.270. The van der Waals surface area contributed by atoms with E-state index in [9.17, 15) is 34.5 Å². The fraction of sp³-hybridized carbons (Fsp3) is 0.600. The molecule has 0 spiro atoms. The van der Waals surface area contributed by atoms with Gasteiger partial charge >= 0.3 is 0 Å². The van der Waals surface area contributed by atoms with E-state index in [1.807, 2.05) is 18.2 Å². The molecule has 0 radical (unpaired) electrons. The number of ether oxygens (including phenoxy) is 2. The second-order valence-corrected chi connectivity index (χ2v) is 9.10. The van der Waals surface area contributed by atoms with Gasteiger partial charge in [0.1, 0.15) is 30.4 Å².